The van der Waals surface area contributed by atoms with Crippen LogP contribution in [0.4, 0.5) is 24.5 Å². The van der Waals surface area contributed by atoms with E-state index in [1.807, 2.05) is 0 Å². The zero-order chi connectivity index (χ0) is 15.1. The molecule has 2 amide bonds. The molecule has 0 aromatic heterocycles. The monoisotopic (exact) mass is 287 g/mol. The molecule has 20 heavy (non-hydrogen) atoms. The molecule has 1 aliphatic rings. The second-order valence-corrected chi connectivity index (χ2v) is 4.58. The normalized spacial score (nSPS) is 19.4. The molecular weight excluding hydrogens is 275 g/mol. The Bertz CT molecular complexity index is 572. The summed E-state index contributed by atoms with van der Waals surface area (Å²) in [5, 5.41) is 0. The number of primary amides is 1. The Labute approximate surface area is 112 Å². The molecule has 1 atom stereocenters. The smallest absolute Gasteiger partial charge is 0.397 e. The summed E-state index contributed by atoms with van der Waals surface area (Å²) in [7, 11) is 0. The number of alkyl halides is 3. The first-order valence-electron chi connectivity index (χ1n) is 5.76. The van der Waals surface area contributed by atoms with Crippen molar-refractivity contribution in [3.05, 3.63) is 23.8 Å². The van der Waals surface area contributed by atoms with E-state index in [2.05, 4.69) is 0 Å². The first-order valence-corrected chi connectivity index (χ1v) is 5.76. The molecule has 2 rings (SSSR count). The van der Waals surface area contributed by atoms with Gasteiger partial charge in [0.1, 0.15) is 0 Å². The lowest BCUT2D eigenvalue weighted by atomic mass is 10.1. The number of carbonyl (C=O) groups is 2. The molecule has 0 spiro atoms. The first kappa shape index (κ1) is 14.2. The number of hydrogen-bond acceptors (Lipinski definition) is 3. The highest BCUT2D eigenvalue weighted by Gasteiger charge is 2.36. The fourth-order valence-corrected chi connectivity index (χ4v) is 2.11. The molecule has 0 saturated carbocycles. The lowest BCUT2D eigenvalue weighted by Gasteiger charge is -2.19. The predicted molar refractivity (Wildman–Crippen MR) is 65.5 cm³/mol. The molecule has 4 N–H and O–H groups in total. The Morgan fingerprint density at radius 1 is 1.35 bits per heavy atom. The number of amides is 2. The number of nitrogen functional groups attached to an aromatic ring is 1. The Morgan fingerprint density at radius 3 is 2.45 bits per heavy atom. The van der Waals surface area contributed by atoms with E-state index in [4.69, 9.17) is 11.5 Å². The molecule has 5 nitrogen and oxygen atoms in total. The molecule has 1 unspecified atom stereocenters. The van der Waals surface area contributed by atoms with E-state index < -0.39 is 23.6 Å². The topological polar surface area (TPSA) is 89.4 Å². The maximum absolute atomic E-state index is 12.5. The number of carbonyl (C=O) groups excluding carboxylic acids is 2. The van der Waals surface area contributed by atoms with E-state index in [1.165, 1.54) is 4.90 Å². The van der Waals surface area contributed by atoms with Crippen LogP contribution < -0.4 is 16.4 Å². The van der Waals surface area contributed by atoms with Gasteiger partial charge in [-0.05, 0) is 18.2 Å². The molecule has 108 valence electrons. The van der Waals surface area contributed by atoms with Gasteiger partial charge in [-0.3, -0.25) is 9.59 Å². The summed E-state index contributed by atoms with van der Waals surface area (Å²) in [4.78, 5) is 24.0. The average molecular weight is 287 g/mol. The third-order valence-corrected chi connectivity index (χ3v) is 3.17. The first-order chi connectivity index (χ1) is 9.20. The molecule has 1 aromatic rings. The van der Waals surface area contributed by atoms with Crippen LogP contribution in [0.1, 0.15) is 12.0 Å². The Morgan fingerprint density at radius 2 is 2.00 bits per heavy atom. The molecule has 1 saturated heterocycles. The minimum Gasteiger partial charge on any atom is -0.397 e. The van der Waals surface area contributed by atoms with Crippen molar-refractivity contribution in [3.63, 3.8) is 0 Å². The predicted octanol–water partition coefficient (Wildman–Crippen LogP) is 1.13. The van der Waals surface area contributed by atoms with Crippen LogP contribution in [0, 0.1) is 5.92 Å². The maximum atomic E-state index is 12.5. The van der Waals surface area contributed by atoms with Gasteiger partial charge in [0, 0.05) is 13.0 Å². The average Bonchev–Trinajstić information content (AvgIpc) is 2.70. The zero-order valence-electron chi connectivity index (χ0n) is 10.3. The zero-order valence-corrected chi connectivity index (χ0v) is 10.3. The number of nitrogens with two attached hydrogens (primary N) is 2. The van der Waals surface area contributed by atoms with Crippen LogP contribution in [0.3, 0.4) is 0 Å². The molecule has 1 heterocycles. The summed E-state index contributed by atoms with van der Waals surface area (Å²) in [6.45, 7) is 0.0315. The standard InChI is InChI=1S/C12H12F3N3O2/c13-12(14,15)7-1-2-9(8(16)4-7)18-5-6(11(17)20)3-10(18)19/h1-2,4,6H,3,5,16H2,(H2,17,20). The van der Waals surface area contributed by atoms with Crippen LogP contribution >= 0.6 is 0 Å². The van der Waals surface area contributed by atoms with Crippen molar-refractivity contribution in [1.82, 2.24) is 0 Å². The second kappa shape index (κ2) is 4.69. The molecule has 1 aromatic carbocycles. The van der Waals surface area contributed by atoms with Gasteiger partial charge in [0.15, 0.2) is 0 Å². The number of nitrogens with zero attached hydrogens (tertiary/aromatic N) is 1. The second-order valence-electron chi connectivity index (χ2n) is 4.58. The van der Waals surface area contributed by atoms with Gasteiger partial charge in [0.25, 0.3) is 0 Å². The summed E-state index contributed by atoms with van der Waals surface area (Å²) in [5.41, 5.74) is 9.79. The van der Waals surface area contributed by atoms with E-state index >= 15 is 0 Å². The minimum atomic E-state index is -4.50. The van der Waals surface area contributed by atoms with Crippen molar-refractivity contribution in [2.45, 2.75) is 12.6 Å². The van der Waals surface area contributed by atoms with Gasteiger partial charge < -0.3 is 16.4 Å². The number of hydrogen-bond donors (Lipinski definition) is 2. The van der Waals surface area contributed by atoms with Crippen LogP contribution in [0.5, 0.6) is 0 Å². The summed E-state index contributed by atoms with van der Waals surface area (Å²) < 4.78 is 37.6. The quantitative estimate of drug-likeness (QED) is 0.799. The van der Waals surface area contributed by atoms with Crippen molar-refractivity contribution in [1.29, 1.82) is 0 Å². The van der Waals surface area contributed by atoms with Crippen LogP contribution in [0.2, 0.25) is 0 Å². The van der Waals surface area contributed by atoms with Gasteiger partial charge in [0.05, 0.1) is 22.9 Å². The van der Waals surface area contributed by atoms with Crippen molar-refractivity contribution in [2.75, 3.05) is 17.2 Å². The number of rotatable bonds is 2. The van der Waals surface area contributed by atoms with Crippen molar-refractivity contribution >= 4 is 23.2 Å². The maximum Gasteiger partial charge on any atom is 0.416 e. The Balaban J connectivity index is 2.31. The number of halogens is 3. The Hall–Kier alpha value is -2.25. The lowest BCUT2D eigenvalue weighted by Crippen LogP contribution is -2.29. The van der Waals surface area contributed by atoms with E-state index in [1.54, 1.807) is 0 Å². The van der Waals surface area contributed by atoms with Crippen LogP contribution in [-0.4, -0.2) is 18.4 Å². The van der Waals surface area contributed by atoms with Gasteiger partial charge in [0.2, 0.25) is 11.8 Å². The van der Waals surface area contributed by atoms with Crippen LogP contribution in [0.15, 0.2) is 18.2 Å². The summed E-state index contributed by atoms with van der Waals surface area (Å²) >= 11 is 0. The fraction of sp³-hybridized carbons (Fsp3) is 0.333. The number of anilines is 2. The third-order valence-electron chi connectivity index (χ3n) is 3.17. The summed E-state index contributed by atoms with van der Waals surface area (Å²) in [6.07, 6.45) is -4.56. The molecule has 0 aliphatic carbocycles. The molecule has 1 aliphatic heterocycles. The van der Waals surface area contributed by atoms with Gasteiger partial charge >= 0.3 is 6.18 Å². The van der Waals surface area contributed by atoms with Crippen LogP contribution in [0.25, 0.3) is 0 Å². The van der Waals surface area contributed by atoms with Gasteiger partial charge in [-0.25, -0.2) is 0 Å². The van der Waals surface area contributed by atoms with Crippen molar-refractivity contribution in [2.24, 2.45) is 11.7 Å². The lowest BCUT2D eigenvalue weighted by molar-refractivity contribution is -0.137. The van der Waals surface area contributed by atoms with Crippen LogP contribution in [-0.2, 0) is 15.8 Å². The highest BCUT2D eigenvalue weighted by molar-refractivity contribution is 6.02. The van der Waals surface area contributed by atoms with E-state index in [9.17, 15) is 22.8 Å². The fourth-order valence-electron chi connectivity index (χ4n) is 2.11. The van der Waals surface area contributed by atoms with Crippen molar-refractivity contribution < 1.29 is 22.8 Å². The van der Waals surface area contributed by atoms with Crippen molar-refractivity contribution in [3.8, 4) is 0 Å². The molecule has 0 radical (unpaired) electrons. The molecule has 1 fully saturated rings. The molecule has 0 bridgehead atoms. The highest BCUT2D eigenvalue weighted by Crippen LogP contribution is 2.35. The SMILES string of the molecule is NC(=O)C1CC(=O)N(c2ccc(C(F)(F)F)cc2N)C1. The van der Waals surface area contributed by atoms with E-state index in [0.29, 0.717) is 0 Å². The minimum absolute atomic E-state index is 0.0315. The van der Waals surface area contributed by atoms with Gasteiger partial charge in [-0.1, -0.05) is 0 Å². The Kier molecular flexibility index (Phi) is 3.33. The molecular formula is C12H12F3N3O2. The largest absolute Gasteiger partial charge is 0.416 e. The van der Waals surface area contributed by atoms with E-state index in [0.717, 1.165) is 18.2 Å². The van der Waals surface area contributed by atoms with E-state index in [-0.39, 0.29) is 30.2 Å². The highest BCUT2D eigenvalue weighted by atomic mass is 19.4. The summed E-state index contributed by atoms with van der Waals surface area (Å²) in [5.74, 6) is -1.66. The molecule has 8 heteroatoms. The van der Waals surface area contributed by atoms with Gasteiger partial charge in [-0.2, -0.15) is 13.2 Å². The summed E-state index contributed by atoms with van der Waals surface area (Å²) in [6, 6.07) is 2.73. The van der Waals surface area contributed by atoms with Gasteiger partial charge in [-0.15, -0.1) is 0 Å². The number of benzene rings is 1. The third kappa shape index (κ3) is 2.54.